The first-order chi connectivity index (χ1) is 6.61. The highest BCUT2D eigenvalue weighted by atomic mass is 16.2. The SMILES string of the molecule is C/C(=N\NC(N)=O)[C@@H]1CCCC[C@@H]1C. The first-order valence-corrected chi connectivity index (χ1v) is 5.21. The van der Waals surface area contributed by atoms with E-state index < -0.39 is 6.03 Å². The predicted molar refractivity (Wildman–Crippen MR) is 57.0 cm³/mol. The van der Waals surface area contributed by atoms with Crippen LogP contribution in [0.25, 0.3) is 0 Å². The van der Waals surface area contributed by atoms with Gasteiger partial charge in [0, 0.05) is 11.6 Å². The van der Waals surface area contributed by atoms with Gasteiger partial charge in [0.15, 0.2) is 0 Å². The lowest BCUT2D eigenvalue weighted by atomic mass is 9.78. The average Bonchev–Trinajstić information content (AvgIpc) is 2.15. The number of rotatable bonds is 2. The summed E-state index contributed by atoms with van der Waals surface area (Å²) in [7, 11) is 0. The van der Waals surface area contributed by atoms with Gasteiger partial charge in [-0.15, -0.1) is 0 Å². The molecule has 1 aliphatic rings. The fourth-order valence-electron chi connectivity index (χ4n) is 2.16. The van der Waals surface area contributed by atoms with E-state index in [9.17, 15) is 4.79 Å². The van der Waals surface area contributed by atoms with Gasteiger partial charge in [-0.1, -0.05) is 26.2 Å². The van der Waals surface area contributed by atoms with Crippen LogP contribution in [0.4, 0.5) is 4.79 Å². The molecule has 0 aromatic carbocycles. The molecule has 0 heterocycles. The molecule has 0 aliphatic heterocycles. The number of hydrazone groups is 1. The van der Waals surface area contributed by atoms with Gasteiger partial charge >= 0.3 is 6.03 Å². The van der Waals surface area contributed by atoms with Gasteiger partial charge < -0.3 is 5.73 Å². The summed E-state index contributed by atoms with van der Waals surface area (Å²) in [5, 5.41) is 3.99. The molecule has 4 nitrogen and oxygen atoms in total. The second-order valence-electron chi connectivity index (χ2n) is 4.10. The van der Waals surface area contributed by atoms with E-state index in [0.29, 0.717) is 11.8 Å². The molecule has 1 saturated carbocycles. The first kappa shape index (κ1) is 11.0. The van der Waals surface area contributed by atoms with Gasteiger partial charge in [0.25, 0.3) is 0 Å². The maximum absolute atomic E-state index is 10.5. The minimum absolute atomic E-state index is 0.510. The summed E-state index contributed by atoms with van der Waals surface area (Å²) in [6.45, 7) is 4.20. The van der Waals surface area contributed by atoms with Crippen molar-refractivity contribution in [1.29, 1.82) is 0 Å². The van der Waals surface area contributed by atoms with Crippen LogP contribution in [0.3, 0.4) is 0 Å². The van der Waals surface area contributed by atoms with Crippen molar-refractivity contribution in [1.82, 2.24) is 5.43 Å². The number of nitrogens with zero attached hydrogens (tertiary/aromatic N) is 1. The zero-order valence-corrected chi connectivity index (χ0v) is 8.92. The van der Waals surface area contributed by atoms with Gasteiger partial charge in [0.2, 0.25) is 0 Å². The van der Waals surface area contributed by atoms with E-state index in [1.54, 1.807) is 0 Å². The number of hydrogen-bond acceptors (Lipinski definition) is 2. The predicted octanol–water partition coefficient (Wildman–Crippen LogP) is 1.86. The summed E-state index contributed by atoms with van der Waals surface area (Å²) in [4.78, 5) is 10.5. The van der Waals surface area contributed by atoms with Crippen LogP contribution in [-0.2, 0) is 0 Å². The molecule has 1 fully saturated rings. The van der Waals surface area contributed by atoms with E-state index in [2.05, 4.69) is 17.5 Å². The van der Waals surface area contributed by atoms with E-state index in [4.69, 9.17) is 5.73 Å². The average molecular weight is 197 g/mol. The van der Waals surface area contributed by atoms with Crippen molar-refractivity contribution in [3.63, 3.8) is 0 Å². The number of hydrogen-bond donors (Lipinski definition) is 2. The number of primary amides is 1. The minimum atomic E-state index is -0.590. The van der Waals surface area contributed by atoms with Crippen molar-refractivity contribution in [2.45, 2.75) is 39.5 Å². The lowest BCUT2D eigenvalue weighted by Crippen LogP contribution is -2.29. The molecule has 1 aliphatic carbocycles. The van der Waals surface area contributed by atoms with E-state index in [1.165, 1.54) is 25.7 Å². The summed E-state index contributed by atoms with van der Waals surface area (Å²) >= 11 is 0. The molecule has 4 heteroatoms. The second-order valence-corrected chi connectivity index (χ2v) is 4.10. The fourth-order valence-corrected chi connectivity index (χ4v) is 2.16. The summed E-state index contributed by atoms with van der Waals surface area (Å²) in [6, 6.07) is -0.590. The van der Waals surface area contributed by atoms with Crippen molar-refractivity contribution < 1.29 is 4.79 Å². The Labute approximate surface area is 84.9 Å². The van der Waals surface area contributed by atoms with Gasteiger partial charge in [-0.2, -0.15) is 5.10 Å². The minimum Gasteiger partial charge on any atom is -0.350 e. The van der Waals surface area contributed by atoms with Crippen LogP contribution in [0.5, 0.6) is 0 Å². The van der Waals surface area contributed by atoms with Gasteiger partial charge in [-0.05, 0) is 19.3 Å². The van der Waals surface area contributed by atoms with E-state index in [0.717, 1.165) is 5.71 Å². The Hall–Kier alpha value is -1.06. The van der Waals surface area contributed by atoms with Crippen LogP contribution in [0.15, 0.2) is 5.10 Å². The molecule has 1 rings (SSSR count). The highest BCUT2D eigenvalue weighted by Gasteiger charge is 2.23. The number of nitrogens with two attached hydrogens (primary N) is 1. The van der Waals surface area contributed by atoms with Crippen LogP contribution in [0.2, 0.25) is 0 Å². The van der Waals surface area contributed by atoms with Crippen LogP contribution in [-0.4, -0.2) is 11.7 Å². The maximum Gasteiger partial charge on any atom is 0.332 e. The lowest BCUT2D eigenvalue weighted by molar-refractivity contribution is 0.249. The van der Waals surface area contributed by atoms with Crippen LogP contribution >= 0.6 is 0 Å². The molecule has 80 valence electrons. The molecule has 0 radical (unpaired) electrons. The van der Waals surface area contributed by atoms with E-state index in [1.807, 2.05) is 6.92 Å². The van der Waals surface area contributed by atoms with Crippen LogP contribution < -0.4 is 11.2 Å². The summed E-state index contributed by atoms with van der Waals surface area (Å²) in [5.41, 5.74) is 8.23. The maximum atomic E-state index is 10.5. The number of urea groups is 1. The van der Waals surface area contributed by atoms with Crippen molar-refractivity contribution in [3.05, 3.63) is 0 Å². The molecule has 0 bridgehead atoms. The Balaban J connectivity index is 2.52. The third-order valence-electron chi connectivity index (χ3n) is 2.99. The molecule has 14 heavy (non-hydrogen) atoms. The Morgan fingerprint density at radius 3 is 2.64 bits per heavy atom. The lowest BCUT2D eigenvalue weighted by Gasteiger charge is -2.28. The van der Waals surface area contributed by atoms with Gasteiger partial charge in [-0.25, -0.2) is 10.2 Å². The highest BCUT2D eigenvalue weighted by Crippen LogP contribution is 2.30. The monoisotopic (exact) mass is 197 g/mol. The summed E-state index contributed by atoms with van der Waals surface area (Å²) < 4.78 is 0. The highest BCUT2D eigenvalue weighted by molar-refractivity contribution is 5.86. The van der Waals surface area contributed by atoms with Crippen LogP contribution in [0.1, 0.15) is 39.5 Å². The number of amides is 2. The topological polar surface area (TPSA) is 67.5 Å². The normalized spacial score (nSPS) is 28.6. The molecule has 0 spiro atoms. The third-order valence-corrected chi connectivity index (χ3v) is 2.99. The fraction of sp³-hybridized carbons (Fsp3) is 0.800. The molecule has 0 aromatic heterocycles. The van der Waals surface area contributed by atoms with Crippen molar-refractivity contribution in [3.8, 4) is 0 Å². The molecule has 0 unspecified atom stereocenters. The van der Waals surface area contributed by atoms with Crippen molar-refractivity contribution in [2.24, 2.45) is 22.7 Å². The van der Waals surface area contributed by atoms with E-state index >= 15 is 0 Å². The molecule has 0 saturated heterocycles. The summed E-state index contributed by atoms with van der Waals surface area (Å²) in [5.74, 6) is 1.18. The Morgan fingerprint density at radius 1 is 1.43 bits per heavy atom. The van der Waals surface area contributed by atoms with Gasteiger partial charge in [-0.3, -0.25) is 0 Å². The zero-order chi connectivity index (χ0) is 10.6. The Kier molecular flexibility index (Phi) is 3.92. The third kappa shape index (κ3) is 3.01. The summed E-state index contributed by atoms with van der Waals surface area (Å²) in [6.07, 6.45) is 5.01. The standard InChI is InChI=1S/C10H19N3O/c1-7-5-3-4-6-9(7)8(2)12-13-10(11)14/h7,9H,3-6H2,1-2H3,(H3,11,13,14)/b12-8+/t7-,9+/m0/s1. The molecule has 2 atom stereocenters. The van der Waals surface area contributed by atoms with Crippen molar-refractivity contribution in [2.75, 3.05) is 0 Å². The van der Waals surface area contributed by atoms with Gasteiger partial charge in [0.05, 0.1) is 0 Å². The molecular weight excluding hydrogens is 178 g/mol. The van der Waals surface area contributed by atoms with Gasteiger partial charge in [0.1, 0.15) is 0 Å². The number of carbonyl (C=O) groups excluding carboxylic acids is 1. The molecule has 3 N–H and O–H groups in total. The number of nitrogens with one attached hydrogen (secondary N) is 1. The van der Waals surface area contributed by atoms with Crippen molar-refractivity contribution >= 4 is 11.7 Å². The Bertz CT molecular complexity index is 238. The zero-order valence-electron chi connectivity index (χ0n) is 8.92. The number of carbonyl (C=O) groups is 1. The second kappa shape index (κ2) is 4.98. The molecule has 0 aromatic rings. The van der Waals surface area contributed by atoms with Crippen LogP contribution in [0, 0.1) is 11.8 Å². The quantitative estimate of drug-likeness (QED) is 0.515. The first-order valence-electron chi connectivity index (χ1n) is 5.21. The van der Waals surface area contributed by atoms with E-state index in [-0.39, 0.29) is 0 Å². The Morgan fingerprint density at radius 2 is 2.07 bits per heavy atom. The molecule has 2 amide bonds. The molecular formula is C10H19N3O. The smallest absolute Gasteiger partial charge is 0.332 e. The largest absolute Gasteiger partial charge is 0.350 e.